The van der Waals surface area contributed by atoms with E-state index < -0.39 is 6.10 Å². The van der Waals surface area contributed by atoms with E-state index in [-0.39, 0.29) is 12.0 Å². The van der Waals surface area contributed by atoms with Crippen molar-refractivity contribution in [2.75, 3.05) is 6.61 Å². The van der Waals surface area contributed by atoms with Crippen LogP contribution in [-0.4, -0.2) is 22.9 Å². The first-order valence-electron chi connectivity index (χ1n) is 3.44. The molecule has 0 heterocycles. The molecule has 10 heavy (non-hydrogen) atoms. The van der Waals surface area contributed by atoms with Crippen LogP contribution in [0.15, 0.2) is 12.2 Å². The molecule has 0 amide bonds. The van der Waals surface area contributed by atoms with Gasteiger partial charge in [-0.3, -0.25) is 0 Å². The SMILES string of the molecule is CC(C)(C)C(O)/C=C\CO. The fourth-order valence-corrected chi connectivity index (χ4v) is 0.478. The normalized spacial score (nSPS) is 16.1. The largest absolute Gasteiger partial charge is 0.392 e. The maximum absolute atomic E-state index is 9.32. The second-order valence-corrected chi connectivity index (χ2v) is 3.42. The number of hydrogen-bond acceptors (Lipinski definition) is 2. The summed E-state index contributed by atoms with van der Waals surface area (Å²) in [5, 5.41) is 17.7. The second-order valence-electron chi connectivity index (χ2n) is 3.42. The summed E-state index contributed by atoms with van der Waals surface area (Å²) in [5.41, 5.74) is -0.133. The lowest BCUT2D eigenvalue weighted by Gasteiger charge is -2.22. The van der Waals surface area contributed by atoms with Gasteiger partial charge in [0.2, 0.25) is 0 Å². The first-order valence-corrected chi connectivity index (χ1v) is 3.44. The van der Waals surface area contributed by atoms with Crippen molar-refractivity contribution in [2.24, 2.45) is 5.41 Å². The zero-order chi connectivity index (χ0) is 8.20. The van der Waals surface area contributed by atoms with Gasteiger partial charge in [0.15, 0.2) is 0 Å². The van der Waals surface area contributed by atoms with Crippen LogP contribution in [0, 0.1) is 5.41 Å². The third-order valence-corrected chi connectivity index (χ3v) is 1.31. The Bertz CT molecular complexity index is 111. The molecule has 0 aliphatic rings. The van der Waals surface area contributed by atoms with Gasteiger partial charge in [-0.1, -0.05) is 32.9 Å². The van der Waals surface area contributed by atoms with E-state index in [1.54, 1.807) is 12.2 Å². The predicted molar refractivity (Wildman–Crippen MR) is 41.7 cm³/mol. The van der Waals surface area contributed by atoms with Gasteiger partial charge in [-0.15, -0.1) is 0 Å². The van der Waals surface area contributed by atoms with Gasteiger partial charge in [-0.05, 0) is 5.41 Å². The Morgan fingerprint density at radius 3 is 2.20 bits per heavy atom. The molecule has 2 N–H and O–H groups in total. The molecular weight excluding hydrogens is 128 g/mol. The zero-order valence-electron chi connectivity index (χ0n) is 6.83. The molecule has 0 aromatic heterocycles. The van der Waals surface area contributed by atoms with Crippen molar-refractivity contribution in [1.29, 1.82) is 0 Å². The first-order chi connectivity index (χ1) is 4.48. The summed E-state index contributed by atoms with van der Waals surface area (Å²) < 4.78 is 0. The van der Waals surface area contributed by atoms with Gasteiger partial charge in [-0.25, -0.2) is 0 Å². The van der Waals surface area contributed by atoms with Gasteiger partial charge in [0.1, 0.15) is 0 Å². The number of hydrogen-bond donors (Lipinski definition) is 2. The van der Waals surface area contributed by atoms with E-state index in [1.807, 2.05) is 20.8 Å². The molecule has 1 unspecified atom stereocenters. The molecular formula is C8H16O2. The molecule has 60 valence electrons. The summed E-state index contributed by atoms with van der Waals surface area (Å²) in [4.78, 5) is 0. The van der Waals surface area contributed by atoms with Crippen molar-refractivity contribution < 1.29 is 10.2 Å². The molecule has 0 saturated carbocycles. The summed E-state index contributed by atoms with van der Waals surface area (Å²) >= 11 is 0. The summed E-state index contributed by atoms with van der Waals surface area (Å²) in [6, 6.07) is 0. The van der Waals surface area contributed by atoms with Crippen molar-refractivity contribution in [2.45, 2.75) is 26.9 Å². The topological polar surface area (TPSA) is 40.5 Å². The van der Waals surface area contributed by atoms with Crippen molar-refractivity contribution >= 4 is 0 Å². The highest BCUT2D eigenvalue weighted by Crippen LogP contribution is 2.19. The molecule has 1 atom stereocenters. The highest BCUT2D eigenvalue weighted by Gasteiger charge is 2.18. The first kappa shape index (κ1) is 9.66. The highest BCUT2D eigenvalue weighted by atomic mass is 16.3. The third kappa shape index (κ3) is 3.64. The third-order valence-electron chi connectivity index (χ3n) is 1.31. The quantitative estimate of drug-likeness (QED) is 0.566. The molecule has 0 spiro atoms. The zero-order valence-corrected chi connectivity index (χ0v) is 6.83. The van der Waals surface area contributed by atoms with Crippen LogP contribution < -0.4 is 0 Å². The Morgan fingerprint density at radius 2 is 1.90 bits per heavy atom. The highest BCUT2D eigenvalue weighted by molar-refractivity contribution is 4.93. The molecule has 0 bridgehead atoms. The van der Waals surface area contributed by atoms with Crippen LogP contribution in [0.2, 0.25) is 0 Å². The lowest BCUT2D eigenvalue weighted by Crippen LogP contribution is -2.23. The Hall–Kier alpha value is -0.340. The van der Waals surface area contributed by atoms with Crippen LogP contribution in [0.1, 0.15) is 20.8 Å². The summed E-state index contributed by atoms with van der Waals surface area (Å²) in [6.07, 6.45) is 2.69. The van der Waals surface area contributed by atoms with Gasteiger partial charge in [0, 0.05) is 0 Å². The Balaban J connectivity index is 3.84. The second kappa shape index (κ2) is 3.74. The van der Waals surface area contributed by atoms with Crippen molar-refractivity contribution in [3.63, 3.8) is 0 Å². The van der Waals surface area contributed by atoms with E-state index in [9.17, 15) is 5.11 Å². The van der Waals surface area contributed by atoms with Gasteiger partial charge in [0.05, 0.1) is 12.7 Å². The Labute approximate surface area is 62.2 Å². The number of aliphatic hydroxyl groups excluding tert-OH is 2. The molecule has 0 aromatic rings. The molecule has 0 rings (SSSR count). The molecule has 0 fully saturated rings. The molecule has 0 aromatic carbocycles. The minimum absolute atomic E-state index is 0.00681. The maximum atomic E-state index is 9.32. The standard InChI is InChI=1S/C8H16O2/c1-8(2,3)7(10)5-4-6-9/h4-5,7,9-10H,6H2,1-3H3/b5-4-. The van der Waals surface area contributed by atoms with Crippen molar-refractivity contribution in [3.05, 3.63) is 12.2 Å². The Morgan fingerprint density at radius 1 is 1.40 bits per heavy atom. The number of aliphatic hydroxyl groups is 2. The number of rotatable bonds is 2. The average Bonchev–Trinajstić information content (AvgIpc) is 1.80. The summed E-state index contributed by atoms with van der Waals surface area (Å²) in [6.45, 7) is 5.82. The van der Waals surface area contributed by atoms with E-state index in [0.29, 0.717) is 0 Å². The van der Waals surface area contributed by atoms with E-state index >= 15 is 0 Å². The van der Waals surface area contributed by atoms with Crippen LogP contribution in [0.5, 0.6) is 0 Å². The fraction of sp³-hybridized carbons (Fsp3) is 0.750. The maximum Gasteiger partial charge on any atom is 0.0769 e. The van der Waals surface area contributed by atoms with Crippen molar-refractivity contribution in [1.82, 2.24) is 0 Å². The van der Waals surface area contributed by atoms with Crippen LogP contribution in [0.25, 0.3) is 0 Å². The monoisotopic (exact) mass is 144 g/mol. The molecule has 2 heteroatoms. The van der Waals surface area contributed by atoms with Crippen molar-refractivity contribution in [3.8, 4) is 0 Å². The minimum Gasteiger partial charge on any atom is -0.392 e. The van der Waals surface area contributed by atoms with Crippen LogP contribution >= 0.6 is 0 Å². The molecule has 0 radical (unpaired) electrons. The smallest absolute Gasteiger partial charge is 0.0769 e. The van der Waals surface area contributed by atoms with Gasteiger partial charge >= 0.3 is 0 Å². The van der Waals surface area contributed by atoms with Crippen LogP contribution in [0.3, 0.4) is 0 Å². The van der Waals surface area contributed by atoms with Crippen LogP contribution in [0.4, 0.5) is 0 Å². The van der Waals surface area contributed by atoms with E-state index in [0.717, 1.165) is 0 Å². The van der Waals surface area contributed by atoms with Crippen LogP contribution in [-0.2, 0) is 0 Å². The summed E-state index contributed by atoms with van der Waals surface area (Å²) in [5.74, 6) is 0. The molecule has 0 saturated heterocycles. The molecule has 0 aliphatic carbocycles. The average molecular weight is 144 g/mol. The van der Waals surface area contributed by atoms with E-state index in [2.05, 4.69) is 0 Å². The molecule has 0 aliphatic heterocycles. The van der Waals surface area contributed by atoms with E-state index in [1.165, 1.54) is 0 Å². The summed E-state index contributed by atoms with van der Waals surface area (Å²) in [7, 11) is 0. The molecule has 2 nitrogen and oxygen atoms in total. The Kier molecular flexibility index (Phi) is 3.61. The van der Waals surface area contributed by atoms with Gasteiger partial charge in [0.25, 0.3) is 0 Å². The minimum atomic E-state index is -0.473. The van der Waals surface area contributed by atoms with Gasteiger partial charge < -0.3 is 10.2 Å². The lowest BCUT2D eigenvalue weighted by atomic mass is 9.89. The van der Waals surface area contributed by atoms with E-state index in [4.69, 9.17) is 5.11 Å². The fourth-order valence-electron chi connectivity index (χ4n) is 0.478. The lowest BCUT2D eigenvalue weighted by molar-refractivity contribution is 0.105. The predicted octanol–water partition coefficient (Wildman–Crippen LogP) is 0.942. The van der Waals surface area contributed by atoms with Gasteiger partial charge in [-0.2, -0.15) is 0 Å².